The summed E-state index contributed by atoms with van der Waals surface area (Å²) in [5.74, 6) is -0.266. The molecule has 0 spiro atoms. The van der Waals surface area contributed by atoms with Crippen LogP contribution in [-0.2, 0) is 28.0 Å². The van der Waals surface area contributed by atoms with Crippen molar-refractivity contribution in [2.45, 2.75) is 13.0 Å². The maximum atomic E-state index is 12.3. The standard InChI is InChI=1S/C17H20N4O3S2/c1-20(2)26(23,24)21-11-10-14-15(12-21)25-17(18-14)19-16(22)9-8-13-6-4-3-5-7-13/h3-9H,10-12H2,1-2H3,(H,18,19,22)/b9-8+. The van der Waals surface area contributed by atoms with Crippen molar-refractivity contribution in [3.8, 4) is 0 Å². The number of rotatable bonds is 5. The molecule has 0 atom stereocenters. The highest BCUT2D eigenvalue weighted by atomic mass is 32.2. The number of benzene rings is 1. The van der Waals surface area contributed by atoms with Crippen LogP contribution < -0.4 is 5.32 Å². The van der Waals surface area contributed by atoms with Crippen molar-refractivity contribution in [1.29, 1.82) is 0 Å². The number of hydrogen-bond donors (Lipinski definition) is 1. The van der Waals surface area contributed by atoms with E-state index in [-0.39, 0.29) is 12.5 Å². The van der Waals surface area contributed by atoms with Gasteiger partial charge in [0.25, 0.3) is 10.2 Å². The molecule has 0 saturated heterocycles. The average Bonchev–Trinajstić information content (AvgIpc) is 3.02. The molecule has 9 heteroatoms. The molecule has 0 bridgehead atoms. The monoisotopic (exact) mass is 392 g/mol. The first-order valence-corrected chi connectivity index (χ1v) is 10.3. The van der Waals surface area contributed by atoms with E-state index in [1.807, 2.05) is 30.3 Å². The molecule has 0 unspecified atom stereocenters. The van der Waals surface area contributed by atoms with Gasteiger partial charge in [0.15, 0.2) is 5.13 Å². The Morgan fingerprint density at radius 1 is 1.31 bits per heavy atom. The van der Waals surface area contributed by atoms with Crippen LogP contribution in [0, 0.1) is 0 Å². The molecule has 0 fully saturated rings. The Kier molecular flexibility index (Phi) is 5.52. The van der Waals surface area contributed by atoms with Crippen LogP contribution in [0.1, 0.15) is 16.1 Å². The molecular weight excluding hydrogens is 372 g/mol. The average molecular weight is 393 g/mol. The minimum atomic E-state index is -3.45. The first-order chi connectivity index (χ1) is 12.4. The van der Waals surface area contributed by atoms with Gasteiger partial charge in [-0.05, 0) is 11.6 Å². The molecule has 3 rings (SSSR count). The second-order valence-corrected chi connectivity index (χ2v) is 9.22. The van der Waals surface area contributed by atoms with Gasteiger partial charge in [-0.25, -0.2) is 4.98 Å². The summed E-state index contributed by atoms with van der Waals surface area (Å²) in [6.45, 7) is 0.668. The Hall–Kier alpha value is -2.07. The minimum Gasteiger partial charge on any atom is -0.298 e. The number of nitrogens with zero attached hydrogens (tertiary/aromatic N) is 3. The molecule has 2 heterocycles. The van der Waals surface area contributed by atoms with Gasteiger partial charge in [-0.1, -0.05) is 30.3 Å². The van der Waals surface area contributed by atoms with Crippen LogP contribution in [0.4, 0.5) is 5.13 Å². The first kappa shape index (κ1) is 18.7. The predicted octanol–water partition coefficient (Wildman–Crippen LogP) is 1.96. The van der Waals surface area contributed by atoms with E-state index >= 15 is 0 Å². The van der Waals surface area contributed by atoms with Crippen molar-refractivity contribution in [1.82, 2.24) is 13.6 Å². The molecule has 0 radical (unpaired) electrons. The third kappa shape index (κ3) is 4.18. The van der Waals surface area contributed by atoms with Crippen molar-refractivity contribution >= 4 is 38.7 Å². The number of hydrogen-bond acceptors (Lipinski definition) is 5. The normalized spacial score (nSPS) is 15.3. The second-order valence-electron chi connectivity index (χ2n) is 6.00. The lowest BCUT2D eigenvalue weighted by Gasteiger charge is -2.27. The molecule has 1 aliphatic rings. The molecule has 7 nitrogen and oxygen atoms in total. The molecule has 1 N–H and O–H groups in total. The minimum absolute atomic E-state index is 0.266. The predicted molar refractivity (Wildman–Crippen MR) is 103 cm³/mol. The van der Waals surface area contributed by atoms with Gasteiger partial charge in [-0.3, -0.25) is 10.1 Å². The van der Waals surface area contributed by atoms with Gasteiger partial charge in [-0.2, -0.15) is 17.0 Å². The number of thiazole rings is 1. The summed E-state index contributed by atoms with van der Waals surface area (Å²) in [4.78, 5) is 17.4. The highest BCUT2D eigenvalue weighted by Crippen LogP contribution is 2.29. The summed E-state index contributed by atoms with van der Waals surface area (Å²) in [7, 11) is -0.416. The molecular formula is C17H20N4O3S2. The summed E-state index contributed by atoms with van der Waals surface area (Å²) in [5.41, 5.74) is 1.79. The summed E-state index contributed by atoms with van der Waals surface area (Å²) in [6.07, 6.45) is 3.72. The SMILES string of the molecule is CN(C)S(=O)(=O)N1CCc2nc(NC(=O)/C=C/c3ccccc3)sc2C1. The van der Waals surface area contributed by atoms with Gasteiger partial charge in [-0.15, -0.1) is 11.3 Å². The number of aromatic nitrogens is 1. The van der Waals surface area contributed by atoms with Crippen LogP contribution in [0.3, 0.4) is 0 Å². The molecule has 138 valence electrons. The highest BCUT2D eigenvalue weighted by molar-refractivity contribution is 7.86. The molecule has 2 aromatic rings. The van der Waals surface area contributed by atoms with Crippen molar-refractivity contribution in [3.63, 3.8) is 0 Å². The molecule has 26 heavy (non-hydrogen) atoms. The lowest BCUT2D eigenvalue weighted by atomic mass is 10.2. The zero-order chi connectivity index (χ0) is 18.7. The van der Waals surface area contributed by atoms with E-state index in [1.54, 1.807) is 6.08 Å². The van der Waals surface area contributed by atoms with E-state index in [1.165, 1.54) is 40.1 Å². The Morgan fingerprint density at radius 3 is 2.73 bits per heavy atom. The largest absolute Gasteiger partial charge is 0.298 e. The van der Waals surface area contributed by atoms with Crippen LogP contribution in [0.5, 0.6) is 0 Å². The quantitative estimate of drug-likeness (QED) is 0.789. The Morgan fingerprint density at radius 2 is 2.04 bits per heavy atom. The maximum absolute atomic E-state index is 12.3. The summed E-state index contributed by atoms with van der Waals surface area (Å²) < 4.78 is 27.1. The Labute approximate surface area is 157 Å². The van der Waals surface area contributed by atoms with E-state index in [4.69, 9.17) is 0 Å². The maximum Gasteiger partial charge on any atom is 0.281 e. The topological polar surface area (TPSA) is 82.6 Å². The zero-order valence-electron chi connectivity index (χ0n) is 14.5. The Balaban J connectivity index is 1.67. The third-order valence-corrected chi connectivity index (χ3v) is 6.83. The van der Waals surface area contributed by atoms with Crippen LogP contribution in [0.25, 0.3) is 6.08 Å². The second kappa shape index (κ2) is 7.67. The fraction of sp³-hybridized carbons (Fsp3) is 0.294. The van der Waals surface area contributed by atoms with Crippen molar-refractivity contribution < 1.29 is 13.2 Å². The number of amides is 1. The van der Waals surface area contributed by atoms with Crippen molar-refractivity contribution in [2.24, 2.45) is 0 Å². The summed E-state index contributed by atoms with van der Waals surface area (Å²) in [5, 5.41) is 3.24. The highest BCUT2D eigenvalue weighted by Gasteiger charge is 2.30. The van der Waals surface area contributed by atoms with Crippen LogP contribution in [-0.4, -0.2) is 48.6 Å². The van der Waals surface area contributed by atoms with Gasteiger partial charge >= 0.3 is 0 Å². The lowest BCUT2D eigenvalue weighted by Crippen LogP contribution is -2.42. The van der Waals surface area contributed by atoms with E-state index < -0.39 is 10.2 Å². The number of nitrogens with one attached hydrogen (secondary N) is 1. The Bertz CT molecular complexity index is 921. The fourth-order valence-corrected chi connectivity index (χ4v) is 4.72. The van der Waals surface area contributed by atoms with E-state index in [9.17, 15) is 13.2 Å². The van der Waals surface area contributed by atoms with E-state index in [2.05, 4.69) is 10.3 Å². The van der Waals surface area contributed by atoms with Gasteiger partial charge in [0.05, 0.1) is 12.2 Å². The number of anilines is 1. The van der Waals surface area contributed by atoms with Crippen LogP contribution in [0.2, 0.25) is 0 Å². The zero-order valence-corrected chi connectivity index (χ0v) is 16.2. The molecule has 1 aromatic heterocycles. The molecule has 1 aliphatic heterocycles. The van der Waals surface area contributed by atoms with Gasteiger partial charge in [0.2, 0.25) is 5.91 Å². The number of fused-ring (bicyclic) bond motifs is 1. The van der Waals surface area contributed by atoms with Gasteiger partial charge in [0, 0.05) is 38.0 Å². The first-order valence-electron chi connectivity index (χ1n) is 8.06. The number of carbonyl (C=O) groups excluding carboxylic acids is 1. The lowest BCUT2D eigenvalue weighted by molar-refractivity contribution is -0.111. The molecule has 1 aromatic carbocycles. The smallest absolute Gasteiger partial charge is 0.281 e. The van der Waals surface area contributed by atoms with E-state index in [0.29, 0.717) is 18.1 Å². The summed E-state index contributed by atoms with van der Waals surface area (Å²) >= 11 is 1.32. The van der Waals surface area contributed by atoms with Crippen LogP contribution in [0.15, 0.2) is 36.4 Å². The van der Waals surface area contributed by atoms with Crippen molar-refractivity contribution in [3.05, 3.63) is 52.5 Å². The number of carbonyl (C=O) groups is 1. The van der Waals surface area contributed by atoms with Crippen molar-refractivity contribution in [2.75, 3.05) is 26.0 Å². The third-order valence-electron chi connectivity index (χ3n) is 3.94. The molecule has 0 saturated carbocycles. The van der Waals surface area contributed by atoms with Crippen LogP contribution >= 0.6 is 11.3 Å². The van der Waals surface area contributed by atoms with E-state index in [0.717, 1.165) is 16.1 Å². The molecule has 1 amide bonds. The van der Waals surface area contributed by atoms with Gasteiger partial charge in [0.1, 0.15) is 0 Å². The van der Waals surface area contributed by atoms with Gasteiger partial charge < -0.3 is 0 Å². The molecule has 0 aliphatic carbocycles. The fourth-order valence-electron chi connectivity index (χ4n) is 2.54. The summed E-state index contributed by atoms with van der Waals surface area (Å²) in [6, 6.07) is 9.54.